The van der Waals surface area contributed by atoms with Gasteiger partial charge in [-0.1, -0.05) is 6.07 Å². The standard InChI is InChI=1S/C9H13Cl2NS.ClH/c10-3-5-12(6-4-11)8-9-2-1-7-13-9;/h1-2,7H,3-6,8H2;1H. The van der Waals surface area contributed by atoms with Gasteiger partial charge in [-0.05, 0) is 11.4 Å². The van der Waals surface area contributed by atoms with Crippen molar-refractivity contribution in [2.75, 3.05) is 24.8 Å². The van der Waals surface area contributed by atoms with Crippen molar-refractivity contribution in [2.45, 2.75) is 6.54 Å². The fourth-order valence-corrected chi connectivity index (χ4v) is 2.36. The van der Waals surface area contributed by atoms with E-state index in [4.69, 9.17) is 23.2 Å². The van der Waals surface area contributed by atoms with E-state index in [1.165, 1.54) is 4.88 Å². The molecule has 0 saturated carbocycles. The Morgan fingerprint density at radius 3 is 2.29 bits per heavy atom. The van der Waals surface area contributed by atoms with Crippen LogP contribution < -0.4 is 0 Å². The lowest BCUT2D eigenvalue weighted by molar-refractivity contribution is 0.302. The molecule has 14 heavy (non-hydrogen) atoms. The molecule has 5 heteroatoms. The Kier molecular flexibility index (Phi) is 9.14. The van der Waals surface area contributed by atoms with Crippen molar-refractivity contribution < 1.29 is 0 Å². The largest absolute Gasteiger partial charge is 0.296 e. The van der Waals surface area contributed by atoms with Crippen LogP contribution in [0.15, 0.2) is 17.5 Å². The molecular formula is C9H14Cl3NS. The molecule has 0 radical (unpaired) electrons. The number of hydrogen-bond acceptors (Lipinski definition) is 2. The molecule has 0 N–H and O–H groups in total. The van der Waals surface area contributed by atoms with Crippen LogP contribution in [0, 0.1) is 0 Å². The topological polar surface area (TPSA) is 3.24 Å². The highest BCUT2D eigenvalue weighted by atomic mass is 35.5. The Morgan fingerprint density at radius 2 is 1.86 bits per heavy atom. The molecule has 0 bridgehead atoms. The molecule has 0 aliphatic carbocycles. The highest BCUT2D eigenvalue weighted by molar-refractivity contribution is 7.09. The second-order valence-electron chi connectivity index (χ2n) is 2.73. The lowest BCUT2D eigenvalue weighted by Crippen LogP contribution is -2.26. The van der Waals surface area contributed by atoms with Gasteiger partial charge in [-0.2, -0.15) is 0 Å². The molecule has 1 nitrogen and oxygen atoms in total. The van der Waals surface area contributed by atoms with E-state index in [0.717, 1.165) is 19.6 Å². The lowest BCUT2D eigenvalue weighted by atomic mass is 10.4. The highest BCUT2D eigenvalue weighted by Crippen LogP contribution is 2.11. The first-order valence-corrected chi connectivity index (χ1v) is 6.18. The van der Waals surface area contributed by atoms with Gasteiger partial charge >= 0.3 is 0 Å². The molecule has 0 spiro atoms. The van der Waals surface area contributed by atoms with Gasteiger partial charge in [0.15, 0.2) is 0 Å². The fraction of sp³-hybridized carbons (Fsp3) is 0.556. The number of nitrogens with zero attached hydrogens (tertiary/aromatic N) is 1. The molecule has 1 aromatic rings. The Balaban J connectivity index is 0.00000169. The number of alkyl halides is 2. The third-order valence-electron chi connectivity index (χ3n) is 1.76. The van der Waals surface area contributed by atoms with Crippen molar-refractivity contribution in [1.82, 2.24) is 4.90 Å². The van der Waals surface area contributed by atoms with Crippen LogP contribution in [0.1, 0.15) is 4.88 Å². The van der Waals surface area contributed by atoms with E-state index in [9.17, 15) is 0 Å². The quantitative estimate of drug-likeness (QED) is 0.718. The van der Waals surface area contributed by atoms with Crippen molar-refractivity contribution in [1.29, 1.82) is 0 Å². The number of halogens is 3. The Bertz CT molecular complexity index is 210. The van der Waals surface area contributed by atoms with Gasteiger partial charge in [0.2, 0.25) is 0 Å². The number of thiophene rings is 1. The molecule has 0 aliphatic rings. The zero-order chi connectivity index (χ0) is 9.52. The van der Waals surface area contributed by atoms with E-state index in [0.29, 0.717) is 11.8 Å². The van der Waals surface area contributed by atoms with E-state index in [1.807, 2.05) is 0 Å². The van der Waals surface area contributed by atoms with Crippen LogP contribution in [0.4, 0.5) is 0 Å². The Morgan fingerprint density at radius 1 is 1.21 bits per heavy atom. The number of hydrogen-bond donors (Lipinski definition) is 0. The summed E-state index contributed by atoms with van der Waals surface area (Å²) in [4.78, 5) is 3.64. The fourth-order valence-electron chi connectivity index (χ4n) is 1.13. The highest BCUT2D eigenvalue weighted by Gasteiger charge is 2.04. The maximum absolute atomic E-state index is 5.69. The van der Waals surface area contributed by atoms with Crippen molar-refractivity contribution in [3.8, 4) is 0 Å². The van der Waals surface area contributed by atoms with Gasteiger partial charge in [-0.25, -0.2) is 0 Å². The van der Waals surface area contributed by atoms with Crippen LogP contribution in [0.25, 0.3) is 0 Å². The summed E-state index contributed by atoms with van der Waals surface area (Å²) in [6.07, 6.45) is 0. The molecular weight excluding hydrogens is 261 g/mol. The first-order chi connectivity index (χ1) is 6.36. The van der Waals surface area contributed by atoms with Gasteiger partial charge in [0, 0.05) is 36.3 Å². The summed E-state index contributed by atoms with van der Waals surface area (Å²) >= 11 is 13.2. The first-order valence-electron chi connectivity index (χ1n) is 4.23. The Labute approximate surface area is 105 Å². The van der Waals surface area contributed by atoms with Crippen molar-refractivity contribution in [3.63, 3.8) is 0 Å². The Hall–Kier alpha value is 0.530. The molecule has 0 atom stereocenters. The monoisotopic (exact) mass is 273 g/mol. The minimum Gasteiger partial charge on any atom is -0.296 e. The van der Waals surface area contributed by atoms with E-state index >= 15 is 0 Å². The predicted molar refractivity (Wildman–Crippen MR) is 68.3 cm³/mol. The van der Waals surface area contributed by atoms with E-state index in [-0.39, 0.29) is 12.4 Å². The zero-order valence-electron chi connectivity index (χ0n) is 7.79. The zero-order valence-corrected chi connectivity index (χ0v) is 10.9. The van der Waals surface area contributed by atoms with E-state index in [2.05, 4.69) is 22.4 Å². The summed E-state index contributed by atoms with van der Waals surface area (Å²) in [7, 11) is 0. The predicted octanol–water partition coefficient (Wildman–Crippen LogP) is 3.45. The maximum Gasteiger partial charge on any atom is 0.0351 e. The summed E-state index contributed by atoms with van der Waals surface area (Å²) in [6.45, 7) is 2.79. The lowest BCUT2D eigenvalue weighted by Gasteiger charge is -2.18. The normalized spacial score (nSPS) is 10.2. The molecule has 1 aromatic heterocycles. The average Bonchev–Trinajstić information content (AvgIpc) is 2.58. The average molecular weight is 275 g/mol. The third-order valence-corrected chi connectivity index (χ3v) is 2.96. The molecule has 0 saturated heterocycles. The summed E-state index contributed by atoms with van der Waals surface area (Å²) < 4.78 is 0. The van der Waals surface area contributed by atoms with Crippen LogP contribution >= 0.6 is 46.9 Å². The molecule has 0 fully saturated rings. The van der Waals surface area contributed by atoms with Crippen LogP contribution in [0.2, 0.25) is 0 Å². The second-order valence-corrected chi connectivity index (χ2v) is 4.52. The van der Waals surface area contributed by atoms with E-state index in [1.54, 1.807) is 11.3 Å². The van der Waals surface area contributed by atoms with Gasteiger partial charge in [0.1, 0.15) is 0 Å². The smallest absolute Gasteiger partial charge is 0.0351 e. The minimum absolute atomic E-state index is 0. The van der Waals surface area contributed by atoms with Gasteiger partial charge in [-0.3, -0.25) is 4.90 Å². The molecule has 1 heterocycles. The summed E-state index contributed by atoms with van der Waals surface area (Å²) in [5.41, 5.74) is 0. The van der Waals surface area contributed by atoms with Crippen molar-refractivity contribution >= 4 is 46.9 Å². The molecule has 0 aromatic carbocycles. The molecule has 0 aliphatic heterocycles. The van der Waals surface area contributed by atoms with Crippen LogP contribution in [-0.2, 0) is 6.54 Å². The summed E-state index contributed by atoms with van der Waals surface area (Å²) in [5.74, 6) is 1.34. The second kappa shape index (κ2) is 8.81. The summed E-state index contributed by atoms with van der Waals surface area (Å²) in [5, 5.41) is 2.09. The number of rotatable bonds is 6. The molecule has 0 amide bonds. The SMILES string of the molecule is Cl.ClCCN(CCCl)Cc1cccs1. The van der Waals surface area contributed by atoms with Gasteiger partial charge in [0.05, 0.1) is 0 Å². The van der Waals surface area contributed by atoms with Crippen molar-refractivity contribution in [3.05, 3.63) is 22.4 Å². The van der Waals surface area contributed by atoms with Crippen molar-refractivity contribution in [2.24, 2.45) is 0 Å². The molecule has 0 unspecified atom stereocenters. The van der Waals surface area contributed by atoms with Gasteiger partial charge in [0.25, 0.3) is 0 Å². The first kappa shape index (κ1) is 14.5. The molecule has 1 rings (SSSR count). The van der Waals surface area contributed by atoms with Gasteiger partial charge in [-0.15, -0.1) is 46.9 Å². The van der Waals surface area contributed by atoms with Gasteiger partial charge < -0.3 is 0 Å². The van der Waals surface area contributed by atoms with Crippen LogP contribution in [0.3, 0.4) is 0 Å². The minimum atomic E-state index is 0. The van der Waals surface area contributed by atoms with Crippen LogP contribution in [0.5, 0.6) is 0 Å². The summed E-state index contributed by atoms with van der Waals surface area (Å²) in [6, 6.07) is 4.21. The maximum atomic E-state index is 5.69. The van der Waals surface area contributed by atoms with E-state index < -0.39 is 0 Å². The molecule has 82 valence electrons. The van der Waals surface area contributed by atoms with Crippen LogP contribution in [-0.4, -0.2) is 29.7 Å². The third kappa shape index (κ3) is 5.42.